The van der Waals surface area contributed by atoms with Gasteiger partial charge < -0.3 is 23.9 Å². The van der Waals surface area contributed by atoms with Crippen molar-refractivity contribution in [3.05, 3.63) is 58.9 Å². The fraction of sp³-hybridized carbons (Fsp3) is 0.400. The van der Waals surface area contributed by atoms with E-state index >= 15 is 0 Å². The predicted molar refractivity (Wildman–Crippen MR) is 103 cm³/mol. The summed E-state index contributed by atoms with van der Waals surface area (Å²) in [5, 5.41) is 0. The van der Waals surface area contributed by atoms with Crippen LogP contribution in [0.2, 0.25) is 0 Å². The number of imidazole rings is 1. The van der Waals surface area contributed by atoms with E-state index in [-0.39, 0.29) is 17.7 Å². The first-order valence-corrected chi connectivity index (χ1v) is 9.56. The number of carbonyl (C=O) groups is 1. The lowest BCUT2D eigenvalue weighted by atomic mass is 10.1. The Bertz CT molecular complexity index is 1140. The van der Waals surface area contributed by atoms with E-state index in [4.69, 9.17) is 18.9 Å². The Morgan fingerprint density at radius 2 is 1.97 bits per heavy atom. The average Bonchev–Trinajstić information content (AvgIpc) is 3.38. The van der Waals surface area contributed by atoms with Crippen LogP contribution in [-0.4, -0.2) is 56.2 Å². The van der Waals surface area contributed by atoms with Crippen LogP contribution < -0.4 is 5.56 Å². The Hall–Kier alpha value is -3.08. The number of fused-ring (bicyclic) bond motifs is 2. The number of aromatic amines is 1. The normalized spacial score (nSPS) is 27.3. The Balaban J connectivity index is 1.40. The predicted octanol–water partition coefficient (Wildman–Crippen LogP) is 1.39. The quantitative estimate of drug-likeness (QED) is 0.639. The maximum Gasteiger partial charge on any atom is 0.338 e. The van der Waals surface area contributed by atoms with E-state index in [0.29, 0.717) is 11.2 Å². The van der Waals surface area contributed by atoms with Gasteiger partial charge in [0.2, 0.25) is 0 Å². The molecule has 0 aliphatic carbocycles. The number of benzene rings is 1. The molecule has 5 rings (SSSR count). The van der Waals surface area contributed by atoms with E-state index in [9.17, 15) is 9.59 Å². The number of esters is 1. The second-order valence-electron chi connectivity index (χ2n) is 7.65. The van der Waals surface area contributed by atoms with Gasteiger partial charge in [-0.15, -0.1) is 0 Å². The second kappa shape index (κ2) is 7.01. The van der Waals surface area contributed by atoms with Gasteiger partial charge in [-0.05, 0) is 26.0 Å². The van der Waals surface area contributed by atoms with Crippen LogP contribution in [0.25, 0.3) is 11.2 Å². The van der Waals surface area contributed by atoms with E-state index in [2.05, 4.69) is 15.0 Å². The Kier molecular flexibility index (Phi) is 4.42. The lowest BCUT2D eigenvalue weighted by Gasteiger charge is -2.24. The largest absolute Gasteiger partial charge is 0.459 e. The van der Waals surface area contributed by atoms with Crippen LogP contribution in [0.3, 0.4) is 0 Å². The first-order valence-electron chi connectivity index (χ1n) is 9.56. The fourth-order valence-electron chi connectivity index (χ4n) is 3.88. The molecule has 2 aromatic heterocycles. The van der Waals surface area contributed by atoms with Gasteiger partial charge in [0, 0.05) is 0 Å². The number of carbonyl (C=O) groups excluding carboxylic acids is 1. The van der Waals surface area contributed by atoms with Gasteiger partial charge in [-0.3, -0.25) is 9.36 Å². The van der Waals surface area contributed by atoms with E-state index in [0.717, 1.165) is 0 Å². The molecule has 1 N–H and O–H groups in total. The molecule has 3 aromatic rings. The molecule has 2 fully saturated rings. The summed E-state index contributed by atoms with van der Waals surface area (Å²) in [7, 11) is 0. The Morgan fingerprint density at radius 1 is 1.20 bits per heavy atom. The molecule has 4 heterocycles. The molecule has 2 aliphatic rings. The van der Waals surface area contributed by atoms with Gasteiger partial charge in [0.25, 0.3) is 5.56 Å². The number of nitrogens with one attached hydrogen (secondary N) is 1. The number of hydrogen-bond acceptors (Lipinski definition) is 8. The van der Waals surface area contributed by atoms with Crippen molar-refractivity contribution >= 4 is 17.1 Å². The zero-order valence-corrected chi connectivity index (χ0v) is 16.3. The number of aromatic nitrogens is 4. The molecule has 10 heteroatoms. The van der Waals surface area contributed by atoms with Gasteiger partial charge in [-0.25, -0.2) is 14.8 Å². The second-order valence-corrected chi connectivity index (χ2v) is 7.65. The first-order chi connectivity index (χ1) is 14.4. The van der Waals surface area contributed by atoms with Gasteiger partial charge in [0.15, 0.2) is 23.2 Å². The van der Waals surface area contributed by atoms with Crippen molar-refractivity contribution < 1.29 is 23.7 Å². The summed E-state index contributed by atoms with van der Waals surface area (Å²) < 4.78 is 25.3. The summed E-state index contributed by atoms with van der Waals surface area (Å²) >= 11 is 0. The summed E-state index contributed by atoms with van der Waals surface area (Å²) in [6.45, 7) is 3.61. The minimum Gasteiger partial charge on any atom is -0.459 e. The SMILES string of the molecule is CC1(C)O[C@@H]2[C@H](O1)[C@@H](n1cnc3c(=O)[nH]cnc31)O[C@@H]2COC(=O)c1ccccc1. The van der Waals surface area contributed by atoms with Crippen LogP contribution in [0.15, 0.2) is 47.8 Å². The lowest BCUT2D eigenvalue weighted by molar-refractivity contribution is -0.199. The van der Waals surface area contributed by atoms with Gasteiger partial charge in [0.05, 0.1) is 18.2 Å². The zero-order chi connectivity index (χ0) is 20.9. The number of hydrogen-bond donors (Lipinski definition) is 1. The summed E-state index contributed by atoms with van der Waals surface area (Å²) in [6.07, 6.45) is 0.642. The molecule has 1 aromatic carbocycles. The van der Waals surface area contributed by atoms with Gasteiger partial charge in [-0.1, -0.05) is 18.2 Å². The molecule has 0 radical (unpaired) electrons. The van der Waals surface area contributed by atoms with Crippen molar-refractivity contribution in [1.29, 1.82) is 0 Å². The number of nitrogens with zero attached hydrogens (tertiary/aromatic N) is 3. The number of rotatable bonds is 4. The molecule has 0 unspecified atom stereocenters. The molecule has 156 valence electrons. The van der Waals surface area contributed by atoms with Gasteiger partial charge in [0.1, 0.15) is 24.9 Å². The van der Waals surface area contributed by atoms with Crippen LogP contribution in [0.1, 0.15) is 30.4 Å². The van der Waals surface area contributed by atoms with Crippen LogP contribution in [-0.2, 0) is 18.9 Å². The minimum atomic E-state index is -0.833. The van der Waals surface area contributed by atoms with Gasteiger partial charge >= 0.3 is 5.97 Å². The van der Waals surface area contributed by atoms with Crippen molar-refractivity contribution in [3.8, 4) is 0 Å². The van der Waals surface area contributed by atoms with Crippen LogP contribution in [0, 0.1) is 0 Å². The van der Waals surface area contributed by atoms with E-state index in [1.807, 2.05) is 19.9 Å². The molecule has 30 heavy (non-hydrogen) atoms. The van der Waals surface area contributed by atoms with E-state index < -0.39 is 36.3 Å². The molecule has 10 nitrogen and oxygen atoms in total. The number of H-pyrrole nitrogens is 1. The van der Waals surface area contributed by atoms with Crippen LogP contribution in [0.4, 0.5) is 0 Å². The highest BCUT2D eigenvalue weighted by Crippen LogP contribution is 2.43. The third-order valence-corrected chi connectivity index (χ3v) is 5.15. The van der Waals surface area contributed by atoms with Crippen molar-refractivity contribution in [3.63, 3.8) is 0 Å². The lowest BCUT2D eigenvalue weighted by Crippen LogP contribution is -2.33. The molecule has 0 spiro atoms. The Morgan fingerprint density at radius 3 is 2.77 bits per heavy atom. The number of ether oxygens (including phenoxy) is 4. The topological polar surface area (TPSA) is 118 Å². The molecule has 0 saturated carbocycles. The summed E-state index contributed by atoms with van der Waals surface area (Å²) in [4.78, 5) is 35.2. The monoisotopic (exact) mass is 412 g/mol. The molecule has 0 bridgehead atoms. The van der Waals surface area contributed by atoms with E-state index in [1.165, 1.54) is 12.7 Å². The summed E-state index contributed by atoms with van der Waals surface area (Å²) in [5.41, 5.74) is 0.689. The van der Waals surface area contributed by atoms with Crippen LogP contribution in [0.5, 0.6) is 0 Å². The van der Waals surface area contributed by atoms with Crippen molar-refractivity contribution in [2.75, 3.05) is 6.61 Å². The average molecular weight is 412 g/mol. The highest BCUT2D eigenvalue weighted by Gasteiger charge is 2.56. The maximum absolute atomic E-state index is 12.3. The summed E-state index contributed by atoms with van der Waals surface area (Å²) in [6, 6.07) is 8.73. The van der Waals surface area contributed by atoms with E-state index in [1.54, 1.807) is 28.8 Å². The standard InChI is InChI=1S/C20H20N4O6/c1-20(2)29-14-12(8-27-19(26)11-6-4-3-5-7-11)28-18(15(14)30-20)24-10-23-13-16(24)21-9-22-17(13)25/h3-7,9-10,12,14-15,18H,8H2,1-2H3,(H,21,22,25)/t12-,14+,15+,18+/m1/s1. The van der Waals surface area contributed by atoms with Crippen molar-refractivity contribution in [2.45, 2.75) is 44.2 Å². The zero-order valence-electron chi connectivity index (χ0n) is 16.3. The molecular formula is C20H20N4O6. The van der Waals surface area contributed by atoms with Crippen molar-refractivity contribution in [1.82, 2.24) is 19.5 Å². The van der Waals surface area contributed by atoms with Gasteiger partial charge in [-0.2, -0.15) is 0 Å². The summed E-state index contributed by atoms with van der Waals surface area (Å²) in [5.74, 6) is -1.28. The smallest absolute Gasteiger partial charge is 0.338 e. The molecule has 4 atom stereocenters. The third-order valence-electron chi connectivity index (χ3n) is 5.15. The highest BCUT2D eigenvalue weighted by atomic mass is 16.8. The molecular weight excluding hydrogens is 392 g/mol. The van der Waals surface area contributed by atoms with Crippen molar-refractivity contribution in [2.24, 2.45) is 0 Å². The minimum absolute atomic E-state index is 0.00846. The fourth-order valence-corrected chi connectivity index (χ4v) is 3.88. The first kappa shape index (κ1) is 18.9. The molecule has 2 aliphatic heterocycles. The van der Waals surface area contributed by atoms with Crippen LogP contribution >= 0.6 is 0 Å². The highest BCUT2D eigenvalue weighted by molar-refractivity contribution is 5.89. The third kappa shape index (κ3) is 3.18. The Labute approximate surface area is 170 Å². The molecule has 0 amide bonds. The molecule has 2 saturated heterocycles. The maximum atomic E-state index is 12.3.